The molecule has 3 saturated heterocycles. The summed E-state index contributed by atoms with van der Waals surface area (Å²) in [5.41, 5.74) is 1.33. The molecule has 1 aliphatic carbocycles. The second-order valence-electron chi connectivity index (χ2n) is 13.5. The number of methoxy groups -OCH3 is 1. The highest BCUT2D eigenvalue weighted by Crippen LogP contribution is 2.38. The van der Waals surface area contributed by atoms with Crippen LogP contribution in [0.25, 0.3) is 5.65 Å². The zero-order chi connectivity index (χ0) is 29.8. The Morgan fingerprint density at radius 2 is 1.62 bits per heavy atom. The molecule has 2 atom stereocenters. The van der Waals surface area contributed by atoms with E-state index in [1.54, 1.807) is 16.5 Å². The number of nitrogens with zero attached hydrogens (tertiary/aromatic N) is 6. The number of hydrogen-bond donors (Lipinski definition) is 2. The van der Waals surface area contributed by atoms with Gasteiger partial charge in [-0.1, -0.05) is 13.8 Å². The van der Waals surface area contributed by atoms with Gasteiger partial charge in [0.1, 0.15) is 11.7 Å². The Balaban J connectivity index is 1.09. The molecule has 0 aromatic carbocycles. The first-order valence-electron chi connectivity index (χ1n) is 15.3. The summed E-state index contributed by atoms with van der Waals surface area (Å²) in [7, 11) is 1.75. The molecule has 2 N–H and O–H groups in total. The lowest BCUT2D eigenvalue weighted by atomic mass is 9.89. The largest absolute Gasteiger partial charge is 0.444 e. The number of hydrogen-bond acceptors (Lipinski definition) is 10. The van der Waals surface area contributed by atoms with Crippen LogP contribution in [0, 0.1) is 0 Å². The van der Waals surface area contributed by atoms with Gasteiger partial charge in [-0.15, -0.1) is 0 Å². The van der Waals surface area contributed by atoms with Gasteiger partial charge in [-0.2, -0.15) is 19.6 Å². The second-order valence-corrected chi connectivity index (χ2v) is 13.5. The van der Waals surface area contributed by atoms with Crippen molar-refractivity contribution in [1.82, 2.24) is 29.4 Å². The molecule has 4 fully saturated rings. The number of anilines is 2. The number of likely N-dealkylation sites (tertiary alicyclic amines) is 1. The van der Waals surface area contributed by atoms with Gasteiger partial charge in [0.25, 0.3) is 0 Å². The number of nitrogens with one attached hydrogen (secondary N) is 2. The average Bonchev–Trinajstić information content (AvgIpc) is 3.40. The van der Waals surface area contributed by atoms with Gasteiger partial charge < -0.3 is 34.6 Å². The van der Waals surface area contributed by atoms with Crippen LogP contribution >= 0.6 is 0 Å². The molecular formula is C29H44N8O5. The summed E-state index contributed by atoms with van der Waals surface area (Å²) in [5, 5.41) is 11.8. The monoisotopic (exact) mass is 584 g/mol. The van der Waals surface area contributed by atoms with E-state index in [9.17, 15) is 9.59 Å². The van der Waals surface area contributed by atoms with Crippen LogP contribution in [0.3, 0.4) is 0 Å². The molecular weight excluding hydrogens is 540 g/mol. The minimum Gasteiger partial charge on any atom is -0.444 e. The maximum absolute atomic E-state index is 13.2. The first-order valence-corrected chi connectivity index (χ1v) is 15.3. The SMILES string of the molecule is COC1CC(Nc2nc(NC3CC4CCC(C3)N4C(=O)OC3CN(C(=O)OC(C)(C)C)C3)n3ncc(C(C)C)c3n2)C1. The number of carbonyl (C=O) groups is 2. The Kier molecular flexibility index (Phi) is 7.57. The molecule has 0 spiro atoms. The van der Waals surface area contributed by atoms with Gasteiger partial charge in [0, 0.05) is 36.8 Å². The third-order valence-electron chi connectivity index (χ3n) is 8.82. The molecule has 2 unspecified atom stereocenters. The molecule has 230 valence electrons. The number of fused-ring (bicyclic) bond motifs is 3. The van der Waals surface area contributed by atoms with E-state index in [1.807, 2.05) is 31.9 Å². The Hall–Kier alpha value is -3.35. The predicted molar refractivity (Wildman–Crippen MR) is 156 cm³/mol. The smallest absolute Gasteiger partial charge is 0.410 e. The van der Waals surface area contributed by atoms with Crippen LogP contribution < -0.4 is 10.6 Å². The predicted octanol–water partition coefficient (Wildman–Crippen LogP) is 4.00. The van der Waals surface area contributed by atoms with Crippen molar-refractivity contribution in [3.05, 3.63) is 11.8 Å². The summed E-state index contributed by atoms with van der Waals surface area (Å²) in [5.74, 6) is 1.53. The van der Waals surface area contributed by atoms with E-state index in [0.717, 1.165) is 49.7 Å². The number of piperidine rings is 1. The lowest BCUT2D eigenvalue weighted by molar-refractivity contribution is -0.0485. The van der Waals surface area contributed by atoms with E-state index >= 15 is 0 Å². The topological polar surface area (TPSA) is 135 Å². The Morgan fingerprint density at radius 1 is 0.952 bits per heavy atom. The van der Waals surface area contributed by atoms with E-state index in [4.69, 9.17) is 24.2 Å². The van der Waals surface area contributed by atoms with Crippen molar-refractivity contribution in [1.29, 1.82) is 0 Å². The molecule has 1 saturated carbocycles. The zero-order valence-corrected chi connectivity index (χ0v) is 25.5. The lowest BCUT2D eigenvalue weighted by Crippen LogP contribution is -2.58. The molecule has 6 rings (SSSR count). The van der Waals surface area contributed by atoms with Crippen molar-refractivity contribution >= 4 is 29.7 Å². The quantitative estimate of drug-likeness (QED) is 0.492. The molecule has 2 bridgehead atoms. The maximum atomic E-state index is 13.2. The number of aromatic nitrogens is 4. The molecule has 0 radical (unpaired) electrons. The van der Waals surface area contributed by atoms with Crippen LogP contribution in [0.2, 0.25) is 0 Å². The maximum Gasteiger partial charge on any atom is 0.410 e. The van der Waals surface area contributed by atoms with Crippen molar-refractivity contribution in [3.63, 3.8) is 0 Å². The second kappa shape index (κ2) is 11.1. The highest BCUT2D eigenvalue weighted by atomic mass is 16.6. The highest BCUT2D eigenvalue weighted by molar-refractivity contribution is 5.71. The number of amides is 2. The van der Waals surface area contributed by atoms with Crippen molar-refractivity contribution in [2.75, 3.05) is 30.8 Å². The average molecular weight is 585 g/mol. The summed E-state index contributed by atoms with van der Waals surface area (Å²) in [4.78, 5) is 38.6. The molecule has 2 aromatic heterocycles. The van der Waals surface area contributed by atoms with E-state index in [2.05, 4.69) is 29.6 Å². The fourth-order valence-electron chi connectivity index (χ4n) is 6.49. The molecule has 13 nitrogen and oxygen atoms in total. The zero-order valence-electron chi connectivity index (χ0n) is 25.5. The van der Waals surface area contributed by atoms with E-state index < -0.39 is 5.60 Å². The van der Waals surface area contributed by atoms with Crippen molar-refractivity contribution in [2.24, 2.45) is 0 Å². The molecule has 42 heavy (non-hydrogen) atoms. The first kappa shape index (κ1) is 28.8. The van der Waals surface area contributed by atoms with Gasteiger partial charge in [0.15, 0.2) is 5.65 Å². The molecule has 2 amide bonds. The Bertz CT molecular complexity index is 1300. The van der Waals surface area contributed by atoms with Gasteiger partial charge in [-0.25, -0.2) is 9.59 Å². The van der Waals surface area contributed by atoms with Crippen LogP contribution in [-0.2, 0) is 14.2 Å². The summed E-state index contributed by atoms with van der Waals surface area (Å²) in [6.45, 7) is 10.5. The molecule has 5 heterocycles. The molecule has 3 aliphatic heterocycles. The Labute approximate surface area is 246 Å². The minimum atomic E-state index is -0.551. The van der Waals surface area contributed by atoms with E-state index in [-0.39, 0.29) is 54.5 Å². The highest BCUT2D eigenvalue weighted by Gasteiger charge is 2.46. The van der Waals surface area contributed by atoms with Gasteiger partial charge in [-0.3, -0.25) is 0 Å². The van der Waals surface area contributed by atoms with Gasteiger partial charge in [0.2, 0.25) is 11.9 Å². The van der Waals surface area contributed by atoms with Crippen molar-refractivity contribution < 1.29 is 23.8 Å². The van der Waals surface area contributed by atoms with Gasteiger partial charge >= 0.3 is 12.2 Å². The summed E-state index contributed by atoms with van der Waals surface area (Å²) >= 11 is 0. The molecule has 2 aromatic rings. The number of ether oxygens (including phenoxy) is 3. The third kappa shape index (κ3) is 5.80. The van der Waals surface area contributed by atoms with Crippen molar-refractivity contribution in [2.45, 2.75) is 121 Å². The van der Waals surface area contributed by atoms with E-state index in [0.29, 0.717) is 25.0 Å². The summed E-state index contributed by atoms with van der Waals surface area (Å²) in [6, 6.07) is 0.607. The number of rotatable bonds is 7. The van der Waals surface area contributed by atoms with Crippen LogP contribution in [0.15, 0.2) is 6.20 Å². The van der Waals surface area contributed by atoms with Crippen LogP contribution in [-0.4, -0.2) is 104 Å². The third-order valence-corrected chi connectivity index (χ3v) is 8.82. The molecule has 13 heteroatoms. The summed E-state index contributed by atoms with van der Waals surface area (Å²) in [6.07, 6.45) is 6.55. The minimum absolute atomic E-state index is 0.0931. The van der Waals surface area contributed by atoms with Crippen LogP contribution in [0.5, 0.6) is 0 Å². The van der Waals surface area contributed by atoms with Gasteiger partial charge in [0.05, 0.1) is 25.4 Å². The van der Waals surface area contributed by atoms with E-state index in [1.165, 1.54) is 0 Å². The summed E-state index contributed by atoms with van der Waals surface area (Å²) < 4.78 is 18.4. The Morgan fingerprint density at radius 3 is 2.24 bits per heavy atom. The van der Waals surface area contributed by atoms with Crippen molar-refractivity contribution in [3.8, 4) is 0 Å². The standard InChI is InChI=1S/C29H44N8O5/c1-16(2)23-13-30-37-24(23)33-25(31-18-11-21(12-18)40-6)34-26(37)32-17-9-19-7-8-20(10-17)36(19)28(39)41-22-14-35(15-22)27(38)42-29(3,4)5/h13,16-22H,7-12,14-15H2,1-6H3,(H2,31,32,33,34). The normalized spacial score (nSPS) is 27.5. The fourth-order valence-corrected chi connectivity index (χ4v) is 6.49. The lowest BCUT2D eigenvalue weighted by Gasteiger charge is -2.42. The van der Waals surface area contributed by atoms with Crippen LogP contribution in [0.4, 0.5) is 21.5 Å². The number of carbonyl (C=O) groups excluding carboxylic acids is 2. The molecule has 4 aliphatic rings. The fraction of sp³-hybridized carbons (Fsp3) is 0.759. The van der Waals surface area contributed by atoms with Gasteiger partial charge in [-0.05, 0) is 65.2 Å². The first-order chi connectivity index (χ1) is 20.0. The van der Waals surface area contributed by atoms with Crippen LogP contribution in [0.1, 0.15) is 84.6 Å².